The van der Waals surface area contributed by atoms with Crippen LogP contribution < -0.4 is 0 Å². The van der Waals surface area contributed by atoms with Crippen LogP contribution in [0.3, 0.4) is 0 Å². The average Bonchev–Trinajstić information content (AvgIpc) is 2.94. The van der Waals surface area contributed by atoms with E-state index >= 15 is 0 Å². The zero-order chi connectivity index (χ0) is 15.1. The molecule has 1 aliphatic rings. The van der Waals surface area contributed by atoms with Crippen LogP contribution in [-0.4, -0.2) is 65.2 Å². The number of carbonyl (C=O) groups excluding carboxylic acids is 1. The lowest BCUT2D eigenvalue weighted by Crippen LogP contribution is -2.46. The van der Waals surface area contributed by atoms with Gasteiger partial charge in [-0.15, -0.1) is 0 Å². The fourth-order valence-electron chi connectivity index (χ4n) is 2.67. The summed E-state index contributed by atoms with van der Waals surface area (Å²) in [7, 11) is 1.44. The van der Waals surface area contributed by atoms with Crippen molar-refractivity contribution >= 4 is 5.97 Å². The standard InChI is InChI=1S/C15H26N4O2/c1-3-5-19-13-16-11-14(19)12-18-9-7-17(8-10-18)6-4-15(20)21-2/h11,13H,3-10,12H2,1-2H3. The number of carbonyl (C=O) groups is 1. The first-order valence-corrected chi connectivity index (χ1v) is 7.73. The fraction of sp³-hybridized carbons (Fsp3) is 0.733. The predicted molar refractivity (Wildman–Crippen MR) is 80.9 cm³/mol. The van der Waals surface area contributed by atoms with Crippen molar-refractivity contribution in [2.24, 2.45) is 0 Å². The molecule has 0 aliphatic carbocycles. The Morgan fingerprint density at radius 3 is 2.62 bits per heavy atom. The van der Waals surface area contributed by atoms with Gasteiger partial charge in [-0.25, -0.2) is 4.98 Å². The van der Waals surface area contributed by atoms with E-state index in [2.05, 4.69) is 31.0 Å². The Kier molecular flexibility index (Phi) is 6.20. The molecular formula is C15H26N4O2. The van der Waals surface area contributed by atoms with E-state index in [9.17, 15) is 4.79 Å². The quantitative estimate of drug-likeness (QED) is 0.702. The van der Waals surface area contributed by atoms with Gasteiger partial charge in [0.05, 0.1) is 25.6 Å². The summed E-state index contributed by atoms with van der Waals surface area (Å²) < 4.78 is 6.92. The largest absolute Gasteiger partial charge is 0.469 e. The summed E-state index contributed by atoms with van der Waals surface area (Å²) in [5.41, 5.74) is 1.29. The van der Waals surface area contributed by atoms with Crippen LogP contribution in [0.15, 0.2) is 12.5 Å². The maximum Gasteiger partial charge on any atom is 0.306 e. The SMILES string of the molecule is CCCn1cncc1CN1CCN(CCC(=O)OC)CC1. The highest BCUT2D eigenvalue weighted by Crippen LogP contribution is 2.09. The van der Waals surface area contributed by atoms with Crippen LogP contribution in [0.1, 0.15) is 25.5 Å². The second-order valence-electron chi connectivity index (χ2n) is 5.52. The minimum Gasteiger partial charge on any atom is -0.469 e. The summed E-state index contributed by atoms with van der Waals surface area (Å²) in [5.74, 6) is -0.124. The molecule has 21 heavy (non-hydrogen) atoms. The third-order valence-electron chi connectivity index (χ3n) is 3.97. The Balaban J connectivity index is 1.73. The van der Waals surface area contributed by atoms with Gasteiger partial charge in [0.15, 0.2) is 0 Å². The maximum atomic E-state index is 11.2. The van der Waals surface area contributed by atoms with Gasteiger partial charge in [0.25, 0.3) is 0 Å². The number of ether oxygens (including phenoxy) is 1. The second kappa shape index (κ2) is 8.14. The molecule has 6 nitrogen and oxygen atoms in total. The van der Waals surface area contributed by atoms with Gasteiger partial charge >= 0.3 is 5.97 Å². The molecule has 1 aromatic rings. The van der Waals surface area contributed by atoms with Crippen molar-refractivity contribution in [3.05, 3.63) is 18.2 Å². The van der Waals surface area contributed by atoms with Crippen molar-refractivity contribution in [3.63, 3.8) is 0 Å². The third-order valence-corrected chi connectivity index (χ3v) is 3.97. The molecule has 1 saturated heterocycles. The van der Waals surface area contributed by atoms with Gasteiger partial charge < -0.3 is 14.2 Å². The molecule has 2 heterocycles. The average molecular weight is 294 g/mol. The molecule has 1 aliphatic heterocycles. The van der Waals surface area contributed by atoms with E-state index in [1.807, 2.05) is 12.5 Å². The molecule has 0 bridgehead atoms. The van der Waals surface area contributed by atoms with Crippen molar-refractivity contribution in [2.45, 2.75) is 32.9 Å². The molecule has 0 atom stereocenters. The summed E-state index contributed by atoms with van der Waals surface area (Å²) in [4.78, 5) is 20.2. The molecule has 1 fully saturated rings. The highest BCUT2D eigenvalue weighted by atomic mass is 16.5. The molecule has 0 amide bonds. The number of hydrogen-bond acceptors (Lipinski definition) is 5. The van der Waals surface area contributed by atoms with Crippen molar-refractivity contribution < 1.29 is 9.53 Å². The number of rotatable bonds is 7. The number of methoxy groups -OCH3 is 1. The van der Waals surface area contributed by atoms with Crippen LogP contribution >= 0.6 is 0 Å². The monoisotopic (exact) mass is 294 g/mol. The molecule has 0 radical (unpaired) electrons. The number of piperazine rings is 1. The Bertz CT molecular complexity index is 439. The normalized spacial score (nSPS) is 17.0. The van der Waals surface area contributed by atoms with Crippen LogP contribution in [0, 0.1) is 0 Å². The minimum absolute atomic E-state index is 0.124. The lowest BCUT2D eigenvalue weighted by Gasteiger charge is -2.34. The number of imidazole rings is 1. The third kappa shape index (κ3) is 4.82. The Morgan fingerprint density at radius 2 is 1.95 bits per heavy atom. The number of esters is 1. The highest BCUT2D eigenvalue weighted by Gasteiger charge is 2.18. The molecule has 0 aromatic carbocycles. The zero-order valence-corrected chi connectivity index (χ0v) is 13.1. The lowest BCUT2D eigenvalue weighted by atomic mass is 10.2. The van der Waals surface area contributed by atoms with Gasteiger partial charge in [0, 0.05) is 52.0 Å². The summed E-state index contributed by atoms with van der Waals surface area (Å²) in [6.07, 6.45) is 5.51. The summed E-state index contributed by atoms with van der Waals surface area (Å²) >= 11 is 0. The fourth-order valence-corrected chi connectivity index (χ4v) is 2.67. The second-order valence-corrected chi connectivity index (χ2v) is 5.52. The van der Waals surface area contributed by atoms with E-state index in [0.717, 1.165) is 52.2 Å². The highest BCUT2D eigenvalue weighted by molar-refractivity contribution is 5.69. The smallest absolute Gasteiger partial charge is 0.306 e. The van der Waals surface area contributed by atoms with Crippen LogP contribution in [0.25, 0.3) is 0 Å². The number of aryl methyl sites for hydroxylation is 1. The topological polar surface area (TPSA) is 50.6 Å². The molecular weight excluding hydrogens is 268 g/mol. The molecule has 6 heteroatoms. The van der Waals surface area contributed by atoms with Crippen LogP contribution in [-0.2, 0) is 22.6 Å². The van der Waals surface area contributed by atoms with E-state index in [1.54, 1.807) is 0 Å². The van der Waals surface area contributed by atoms with Crippen LogP contribution in [0.4, 0.5) is 0 Å². The van der Waals surface area contributed by atoms with Gasteiger partial charge in [-0.3, -0.25) is 9.69 Å². The summed E-state index contributed by atoms with van der Waals surface area (Å²) in [6, 6.07) is 0. The predicted octanol–water partition coefficient (Wildman–Crippen LogP) is 0.974. The van der Waals surface area contributed by atoms with Crippen molar-refractivity contribution in [2.75, 3.05) is 39.8 Å². The molecule has 118 valence electrons. The molecule has 1 aromatic heterocycles. The molecule has 0 unspecified atom stereocenters. The van der Waals surface area contributed by atoms with Crippen molar-refractivity contribution in [1.29, 1.82) is 0 Å². The van der Waals surface area contributed by atoms with E-state index in [0.29, 0.717) is 6.42 Å². The number of aromatic nitrogens is 2. The van der Waals surface area contributed by atoms with Gasteiger partial charge in [0.2, 0.25) is 0 Å². The van der Waals surface area contributed by atoms with E-state index in [-0.39, 0.29) is 5.97 Å². The molecule has 2 rings (SSSR count). The number of nitrogens with zero attached hydrogens (tertiary/aromatic N) is 4. The Hall–Kier alpha value is -1.40. The molecule has 0 N–H and O–H groups in total. The molecule has 0 saturated carbocycles. The van der Waals surface area contributed by atoms with E-state index in [4.69, 9.17) is 0 Å². The summed E-state index contributed by atoms with van der Waals surface area (Å²) in [6.45, 7) is 9.09. The first kappa shape index (κ1) is 16.0. The van der Waals surface area contributed by atoms with Crippen molar-refractivity contribution in [1.82, 2.24) is 19.4 Å². The van der Waals surface area contributed by atoms with Crippen LogP contribution in [0.2, 0.25) is 0 Å². The molecule has 0 spiro atoms. The Labute approximate surface area is 126 Å². The van der Waals surface area contributed by atoms with Gasteiger partial charge in [-0.1, -0.05) is 6.92 Å². The van der Waals surface area contributed by atoms with Crippen LogP contribution in [0.5, 0.6) is 0 Å². The number of hydrogen-bond donors (Lipinski definition) is 0. The van der Waals surface area contributed by atoms with Gasteiger partial charge in [-0.05, 0) is 6.42 Å². The zero-order valence-electron chi connectivity index (χ0n) is 13.1. The Morgan fingerprint density at radius 1 is 1.24 bits per heavy atom. The van der Waals surface area contributed by atoms with Crippen molar-refractivity contribution in [3.8, 4) is 0 Å². The van der Waals surface area contributed by atoms with E-state index in [1.165, 1.54) is 12.8 Å². The van der Waals surface area contributed by atoms with Gasteiger partial charge in [-0.2, -0.15) is 0 Å². The van der Waals surface area contributed by atoms with E-state index < -0.39 is 0 Å². The van der Waals surface area contributed by atoms with Gasteiger partial charge in [0.1, 0.15) is 0 Å². The lowest BCUT2D eigenvalue weighted by molar-refractivity contribution is -0.141. The first-order chi connectivity index (χ1) is 10.2. The first-order valence-electron chi connectivity index (χ1n) is 7.73. The maximum absolute atomic E-state index is 11.2. The minimum atomic E-state index is -0.124. The summed E-state index contributed by atoms with van der Waals surface area (Å²) in [5, 5.41) is 0.